The van der Waals surface area contributed by atoms with Gasteiger partial charge < -0.3 is 9.88 Å². The number of nitrogens with one attached hydrogen (secondary N) is 2. The molecule has 0 spiro atoms. The zero-order valence-corrected chi connectivity index (χ0v) is 8.44. The van der Waals surface area contributed by atoms with Gasteiger partial charge in [0.05, 0.1) is 0 Å². The van der Waals surface area contributed by atoms with Gasteiger partial charge in [-0.1, -0.05) is 0 Å². The van der Waals surface area contributed by atoms with Gasteiger partial charge in [0, 0.05) is 12.2 Å². The summed E-state index contributed by atoms with van der Waals surface area (Å²) in [7, 11) is 0. The van der Waals surface area contributed by atoms with Gasteiger partial charge in [-0.05, 0) is 38.1 Å². The Morgan fingerprint density at radius 2 is 2.27 bits per heavy atom. The van der Waals surface area contributed by atoms with Gasteiger partial charge in [0.1, 0.15) is 5.69 Å². The fourth-order valence-electron chi connectivity index (χ4n) is 2.05. The topological polar surface area (TPSA) is 66.3 Å². The van der Waals surface area contributed by atoms with Gasteiger partial charge in [-0.25, -0.2) is 5.48 Å². The monoisotopic (exact) mass is 209 g/mol. The van der Waals surface area contributed by atoms with E-state index in [2.05, 4.69) is 5.32 Å². The van der Waals surface area contributed by atoms with Crippen molar-refractivity contribution >= 4 is 5.91 Å². The van der Waals surface area contributed by atoms with Crippen molar-refractivity contribution in [3.8, 4) is 0 Å². The molecule has 0 saturated carbocycles. The molecule has 1 aliphatic heterocycles. The molecule has 0 atom stereocenters. The van der Waals surface area contributed by atoms with Crippen molar-refractivity contribution in [1.29, 1.82) is 0 Å². The number of amides is 1. The second-order valence-electron chi connectivity index (χ2n) is 3.72. The molecule has 5 nitrogen and oxygen atoms in total. The van der Waals surface area contributed by atoms with Crippen molar-refractivity contribution in [2.75, 3.05) is 13.1 Å². The third-order valence-corrected chi connectivity index (χ3v) is 2.82. The average molecular weight is 209 g/mol. The summed E-state index contributed by atoms with van der Waals surface area (Å²) in [6, 6.07) is 3.90. The minimum absolute atomic E-state index is 0.355. The highest BCUT2D eigenvalue weighted by molar-refractivity contribution is 5.91. The lowest BCUT2D eigenvalue weighted by atomic mass is 10.1. The maximum atomic E-state index is 11.3. The summed E-state index contributed by atoms with van der Waals surface area (Å²) in [6.07, 6.45) is 3.92. The standard InChI is InChI=1S/C10H15N3O2/c14-10(12-15)9-2-1-7-13(9)8-3-5-11-6-4-8/h1-2,7-8,11,15H,3-6H2,(H,12,14). The molecule has 1 aromatic rings. The van der Waals surface area contributed by atoms with E-state index in [1.165, 1.54) is 0 Å². The number of hydrogen-bond acceptors (Lipinski definition) is 3. The molecule has 0 unspecified atom stereocenters. The third kappa shape index (κ3) is 2.03. The molecule has 2 rings (SSSR count). The van der Waals surface area contributed by atoms with E-state index in [-0.39, 0.29) is 0 Å². The lowest BCUT2D eigenvalue weighted by Gasteiger charge is -2.25. The first-order valence-electron chi connectivity index (χ1n) is 5.15. The highest BCUT2D eigenvalue weighted by atomic mass is 16.5. The number of aromatic nitrogens is 1. The van der Waals surface area contributed by atoms with E-state index < -0.39 is 5.91 Å². The highest BCUT2D eigenvalue weighted by Gasteiger charge is 2.19. The van der Waals surface area contributed by atoms with E-state index in [0.29, 0.717) is 11.7 Å². The smallest absolute Gasteiger partial charge is 0.291 e. The molecule has 15 heavy (non-hydrogen) atoms. The number of nitrogens with zero attached hydrogens (tertiary/aromatic N) is 1. The molecule has 0 bridgehead atoms. The van der Waals surface area contributed by atoms with Crippen LogP contribution in [0.1, 0.15) is 29.4 Å². The predicted molar refractivity (Wildman–Crippen MR) is 54.8 cm³/mol. The Bertz CT molecular complexity index is 342. The fraction of sp³-hybridized carbons (Fsp3) is 0.500. The molecule has 5 heteroatoms. The summed E-state index contributed by atoms with van der Waals surface area (Å²) in [5.41, 5.74) is 2.19. The molecule has 1 aliphatic rings. The van der Waals surface area contributed by atoms with Crippen molar-refractivity contribution in [1.82, 2.24) is 15.4 Å². The molecule has 0 radical (unpaired) electrons. The summed E-state index contributed by atoms with van der Waals surface area (Å²) >= 11 is 0. The maximum Gasteiger partial charge on any atom is 0.291 e. The first kappa shape index (κ1) is 10.2. The van der Waals surface area contributed by atoms with Gasteiger partial charge in [-0.3, -0.25) is 10.0 Å². The van der Waals surface area contributed by atoms with E-state index >= 15 is 0 Å². The average Bonchev–Trinajstić information content (AvgIpc) is 2.78. The van der Waals surface area contributed by atoms with Gasteiger partial charge in [-0.2, -0.15) is 0 Å². The SMILES string of the molecule is O=C(NO)c1cccn1C1CCNCC1. The van der Waals surface area contributed by atoms with E-state index in [1.807, 2.05) is 16.8 Å². The Balaban J connectivity index is 2.19. The van der Waals surface area contributed by atoms with Crippen LogP contribution in [0.5, 0.6) is 0 Å². The third-order valence-electron chi connectivity index (χ3n) is 2.82. The second-order valence-corrected chi connectivity index (χ2v) is 3.72. The van der Waals surface area contributed by atoms with Crippen molar-refractivity contribution < 1.29 is 10.0 Å². The fourth-order valence-corrected chi connectivity index (χ4v) is 2.05. The summed E-state index contributed by atoms with van der Waals surface area (Å²) in [5.74, 6) is -0.446. The maximum absolute atomic E-state index is 11.3. The predicted octanol–water partition coefficient (Wildman–Crippen LogP) is 0.532. The molecule has 0 aromatic carbocycles. The number of carbonyl (C=O) groups is 1. The second kappa shape index (κ2) is 4.46. The van der Waals surface area contributed by atoms with E-state index in [1.54, 1.807) is 11.5 Å². The van der Waals surface area contributed by atoms with Crippen LogP contribution in [0.25, 0.3) is 0 Å². The van der Waals surface area contributed by atoms with Crippen molar-refractivity contribution in [3.63, 3.8) is 0 Å². The Hall–Kier alpha value is -1.33. The van der Waals surface area contributed by atoms with Gasteiger partial charge in [0.25, 0.3) is 5.91 Å². The molecule has 1 amide bonds. The van der Waals surface area contributed by atoms with Crippen LogP contribution in [0, 0.1) is 0 Å². The molecule has 2 heterocycles. The summed E-state index contributed by atoms with van der Waals surface area (Å²) in [4.78, 5) is 11.3. The van der Waals surface area contributed by atoms with Gasteiger partial charge in [-0.15, -0.1) is 0 Å². The lowest BCUT2D eigenvalue weighted by molar-refractivity contribution is 0.0692. The van der Waals surface area contributed by atoms with Crippen molar-refractivity contribution in [2.24, 2.45) is 0 Å². The van der Waals surface area contributed by atoms with Crippen LogP contribution >= 0.6 is 0 Å². The van der Waals surface area contributed by atoms with Crippen LogP contribution in [0.2, 0.25) is 0 Å². The van der Waals surface area contributed by atoms with Crippen LogP contribution in [-0.4, -0.2) is 28.8 Å². The van der Waals surface area contributed by atoms with Crippen LogP contribution in [0.3, 0.4) is 0 Å². The molecule has 82 valence electrons. The first-order chi connectivity index (χ1) is 7.33. The van der Waals surface area contributed by atoms with Gasteiger partial charge in [0.2, 0.25) is 0 Å². The lowest BCUT2D eigenvalue weighted by Crippen LogP contribution is -2.31. The van der Waals surface area contributed by atoms with Crippen LogP contribution in [-0.2, 0) is 0 Å². The Morgan fingerprint density at radius 3 is 2.93 bits per heavy atom. The number of piperidine rings is 1. The Labute approximate surface area is 88.0 Å². The van der Waals surface area contributed by atoms with Gasteiger partial charge >= 0.3 is 0 Å². The largest absolute Gasteiger partial charge is 0.340 e. The highest BCUT2D eigenvalue weighted by Crippen LogP contribution is 2.20. The zero-order valence-electron chi connectivity index (χ0n) is 8.44. The molecule has 0 aliphatic carbocycles. The van der Waals surface area contributed by atoms with Gasteiger partial charge in [0.15, 0.2) is 0 Å². The quantitative estimate of drug-likeness (QED) is 0.491. The molecule has 1 aromatic heterocycles. The summed E-state index contributed by atoms with van der Waals surface area (Å²) in [6.45, 7) is 1.95. The van der Waals surface area contributed by atoms with Crippen LogP contribution in [0.15, 0.2) is 18.3 Å². The number of hydroxylamine groups is 1. The molecule has 1 fully saturated rings. The van der Waals surface area contributed by atoms with E-state index in [0.717, 1.165) is 25.9 Å². The molecular formula is C10H15N3O2. The van der Waals surface area contributed by atoms with Crippen LogP contribution < -0.4 is 10.8 Å². The summed E-state index contributed by atoms with van der Waals surface area (Å²) in [5, 5.41) is 11.9. The number of rotatable bonds is 2. The zero-order chi connectivity index (χ0) is 10.7. The molecule has 1 saturated heterocycles. The normalized spacial score (nSPS) is 17.7. The van der Waals surface area contributed by atoms with Crippen molar-refractivity contribution in [3.05, 3.63) is 24.0 Å². The molecular weight excluding hydrogens is 194 g/mol. The van der Waals surface area contributed by atoms with E-state index in [4.69, 9.17) is 5.21 Å². The number of hydrogen-bond donors (Lipinski definition) is 3. The first-order valence-corrected chi connectivity index (χ1v) is 5.15. The molecule has 3 N–H and O–H groups in total. The van der Waals surface area contributed by atoms with Crippen molar-refractivity contribution in [2.45, 2.75) is 18.9 Å². The Kier molecular flexibility index (Phi) is 3.03. The van der Waals surface area contributed by atoms with E-state index in [9.17, 15) is 4.79 Å². The van der Waals surface area contributed by atoms with Crippen LogP contribution in [0.4, 0.5) is 0 Å². The minimum Gasteiger partial charge on any atom is -0.340 e. The minimum atomic E-state index is -0.446. The Morgan fingerprint density at radius 1 is 1.53 bits per heavy atom. The summed E-state index contributed by atoms with van der Waals surface area (Å²) < 4.78 is 1.94. The number of carbonyl (C=O) groups excluding carboxylic acids is 1.